The van der Waals surface area contributed by atoms with E-state index in [0.29, 0.717) is 5.56 Å². The van der Waals surface area contributed by atoms with Gasteiger partial charge >= 0.3 is 5.97 Å². The summed E-state index contributed by atoms with van der Waals surface area (Å²) in [4.78, 5) is 76.8. The van der Waals surface area contributed by atoms with Crippen molar-refractivity contribution in [3.05, 3.63) is 35.9 Å². The van der Waals surface area contributed by atoms with Crippen molar-refractivity contribution in [1.29, 1.82) is 0 Å². The number of aliphatic carboxylic acids is 1. The Kier molecular flexibility index (Phi) is 12.6. The Balaban J connectivity index is 1.56. The van der Waals surface area contributed by atoms with Gasteiger partial charge in [0.05, 0.1) is 31.3 Å². The summed E-state index contributed by atoms with van der Waals surface area (Å²) in [6.07, 6.45) is -1.28. The number of hydrogen-bond acceptors (Lipinski definition) is 9. The highest BCUT2D eigenvalue weighted by Gasteiger charge is 2.41. The molecule has 2 aliphatic heterocycles. The third-order valence-corrected chi connectivity index (χ3v) is 7.39. The van der Waals surface area contributed by atoms with E-state index >= 15 is 0 Å². The molecule has 0 unspecified atom stereocenters. The number of hydrogen-bond donors (Lipinski definition) is 8. The molecule has 2 fully saturated rings. The molecule has 3 rings (SSSR count). The second-order valence-corrected chi connectivity index (χ2v) is 11.6. The maximum absolute atomic E-state index is 13.5. The Hall–Kier alpha value is -4.08. The highest BCUT2D eigenvalue weighted by atomic mass is 16.4. The third-order valence-electron chi connectivity index (χ3n) is 7.39. The lowest BCUT2D eigenvalue weighted by molar-refractivity contribution is -0.142. The summed E-state index contributed by atoms with van der Waals surface area (Å²) < 4.78 is 0. The maximum atomic E-state index is 13.5. The van der Waals surface area contributed by atoms with Gasteiger partial charge in [0.25, 0.3) is 0 Å². The van der Waals surface area contributed by atoms with Crippen LogP contribution in [-0.4, -0.2) is 118 Å². The normalized spacial score (nSPS) is 22.6. The van der Waals surface area contributed by atoms with Crippen LogP contribution < -0.4 is 26.6 Å². The maximum Gasteiger partial charge on any atom is 0.326 e. The summed E-state index contributed by atoms with van der Waals surface area (Å²) in [6.45, 7) is 2.83. The topological polar surface area (TPSA) is 226 Å². The fraction of sp³-hybridized carbons (Fsp3) is 0.586. The molecular formula is C29H42N6O9. The molecule has 0 aromatic heterocycles. The largest absolute Gasteiger partial charge is 0.480 e. The predicted molar refractivity (Wildman–Crippen MR) is 156 cm³/mol. The van der Waals surface area contributed by atoms with Gasteiger partial charge in [0.2, 0.25) is 29.5 Å². The predicted octanol–water partition coefficient (Wildman–Crippen LogP) is -2.75. The molecule has 242 valence electrons. The number of amides is 5. The minimum Gasteiger partial charge on any atom is -0.480 e. The van der Waals surface area contributed by atoms with E-state index < -0.39 is 85.0 Å². The van der Waals surface area contributed by atoms with Crippen molar-refractivity contribution < 1.29 is 44.1 Å². The minimum absolute atomic E-state index is 0.0374. The first kappa shape index (κ1) is 34.4. The third kappa shape index (κ3) is 10.3. The van der Waals surface area contributed by atoms with Crippen LogP contribution in [0.4, 0.5) is 0 Å². The zero-order chi connectivity index (χ0) is 32.4. The highest BCUT2D eigenvalue weighted by Crippen LogP contribution is 2.21. The van der Waals surface area contributed by atoms with Gasteiger partial charge in [-0.05, 0) is 24.3 Å². The number of likely N-dealkylation sites (tertiary alicyclic amines) is 1. The number of rotatable bonds is 14. The second-order valence-electron chi connectivity index (χ2n) is 11.6. The Morgan fingerprint density at radius 3 is 2.07 bits per heavy atom. The standard InChI is InChI=1S/C29H42N6O9/c1-16(2)8-21(33-24(38)13-31-26(40)20-10-18(36)12-30-20)28(42)35-15-19(37)11-23(35)27(41)32-14-25(39)34-22(29(43)44)9-17-6-4-3-5-7-17/h3-7,16,18-23,30,36-37H,8-15H2,1-2H3,(H,31,40)(H,32,41)(H,33,38)(H,34,39)(H,43,44)/t18-,19-,20+,21+,22+,23+/m1/s1. The lowest BCUT2D eigenvalue weighted by Crippen LogP contribution is -2.56. The average Bonchev–Trinajstić information content (AvgIpc) is 3.59. The Morgan fingerprint density at radius 1 is 0.886 bits per heavy atom. The molecule has 6 atom stereocenters. The summed E-state index contributed by atoms with van der Waals surface area (Å²) >= 11 is 0. The van der Waals surface area contributed by atoms with E-state index in [4.69, 9.17) is 0 Å². The molecule has 2 saturated heterocycles. The number of nitrogens with one attached hydrogen (secondary N) is 5. The van der Waals surface area contributed by atoms with Gasteiger partial charge in [-0.25, -0.2) is 4.79 Å². The van der Waals surface area contributed by atoms with E-state index in [0.717, 1.165) is 4.90 Å². The van der Waals surface area contributed by atoms with Crippen LogP contribution in [0.15, 0.2) is 30.3 Å². The van der Waals surface area contributed by atoms with E-state index in [1.807, 2.05) is 13.8 Å². The van der Waals surface area contributed by atoms with E-state index in [-0.39, 0.29) is 44.7 Å². The van der Waals surface area contributed by atoms with E-state index in [1.54, 1.807) is 30.3 Å². The Morgan fingerprint density at radius 2 is 1.50 bits per heavy atom. The van der Waals surface area contributed by atoms with Crippen molar-refractivity contribution in [3.8, 4) is 0 Å². The van der Waals surface area contributed by atoms with Gasteiger partial charge in [0, 0.05) is 25.9 Å². The number of β-amino-alcohol motifs (C(OH)–C–C–N with tert-alkyl or cyclic N) is 2. The van der Waals surface area contributed by atoms with Crippen molar-refractivity contribution in [2.75, 3.05) is 26.2 Å². The first-order valence-corrected chi connectivity index (χ1v) is 14.6. The summed E-state index contributed by atoms with van der Waals surface area (Å²) in [5.41, 5.74) is 0.703. The van der Waals surface area contributed by atoms with Crippen molar-refractivity contribution in [1.82, 2.24) is 31.5 Å². The molecule has 2 heterocycles. The van der Waals surface area contributed by atoms with Crippen LogP contribution in [0.2, 0.25) is 0 Å². The summed E-state index contributed by atoms with van der Waals surface area (Å²) in [7, 11) is 0. The zero-order valence-electron chi connectivity index (χ0n) is 24.8. The SMILES string of the molecule is CC(C)C[C@H](NC(=O)CNC(=O)[C@@H]1C[C@@H](O)CN1)C(=O)N1C[C@H](O)C[C@H]1C(=O)NCC(=O)N[C@@H](Cc1ccccc1)C(=O)O. The Bertz CT molecular complexity index is 1200. The number of aliphatic hydroxyl groups is 2. The van der Waals surface area contributed by atoms with Gasteiger partial charge in [-0.2, -0.15) is 0 Å². The highest BCUT2D eigenvalue weighted by molar-refractivity contribution is 5.95. The average molecular weight is 619 g/mol. The van der Waals surface area contributed by atoms with Crippen LogP contribution in [0.5, 0.6) is 0 Å². The van der Waals surface area contributed by atoms with Crippen LogP contribution in [-0.2, 0) is 35.2 Å². The molecule has 1 aromatic rings. The van der Waals surface area contributed by atoms with Crippen molar-refractivity contribution in [2.45, 2.75) is 75.9 Å². The van der Waals surface area contributed by atoms with Crippen LogP contribution >= 0.6 is 0 Å². The van der Waals surface area contributed by atoms with Crippen molar-refractivity contribution in [2.24, 2.45) is 5.92 Å². The number of nitrogens with zero attached hydrogens (tertiary/aromatic N) is 1. The van der Waals surface area contributed by atoms with E-state index in [1.165, 1.54) is 0 Å². The molecule has 1 aromatic carbocycles. The number of carbonyl (C=O) groups is 6. The molecule has 15 heteroatoms. The molecule has 15 nitrogen and oxygen atoms in total. The van der Waals surface area contributed by atoms with Crippen LogP contribution in [0.3, 0.4) is 0 Å². The second kappa shape index (κ2) is 16.1. The summed E-state index contributed by atoms with van der Waals surface area (Å²) in [5, 5.41) is 42.1. The molecule has 0 saturated carbocycles. The number of aliphatic hydroxyl groups excluding tert-OH is 2. The fourth-order valence-corrected chi connectivity index (χ4v) is 5.23. The molecule has 44 heavy (non-hydrogen) atoms. The molecule has 2 aliphatic rings. The lowest BCUT2D eigenvalue weighted by Gasteiger charge is -2.29. The van der Waals surface area contributed by atoms with Gasteiger partial charge in [0.15, 0.2) is 0 Å². The zero-order valence-corrected chi connectivity index (χ0v) is 24.8. The van der Waals surface area contributed by atoms with Crippen molar-refractivity contribution in [3.63, 3.8) is 0 Å². The molecule has 0 radical (unpaired) electrons. The minimum atomic E-state index is -1.24. The summed E-state index contributed by atoms with van der Waals surface area (Å²) in [6, 6.07) is 4.70. The first-order valence-electron chi connectivity index (χ1n) is 14.6. The summed E-state index contributed by atoms with van der Waals surface area (Å²) in [5.74, 6) is -4.42. The van der Waals surface area contributed by atoms with E-state index in [2.05, 4.69) is 26.6 Å². The van der Waals surface area contributed by atoms with Crippen LogP contribution in [0.1, 0.15) is 38.7 Å². The molecule has 0 spiro atoms. The number of carboxylic acids is 1. The van der Waals surface area contributed by atoms with Gasteiger partial charge < -0.3 is 46.8 Å². The molecule has 5 amide bonds. The van der Waals surface area contributed by atoms with E-state index in [9.17, 15) is 44.1 Å². The number of carboxylic acid groups (broad SMARTS) is 1. The molecular weight excluding hydrogens is 576 g/mol. The van der Waals surface area contributed by atoms with Gasteiger partial charge in [-0.3, -0.25) is 24.0 Å². The quantitative estimate of drug-likeness (QED) is 0.107. The van der Waals surface area contributed by atoms with Crippen LogP contribution in [0, 0.1) is 5.92 Å². The van der Waals surface area contributed by atoms with Gasteiger partial charge in [-0.15, -0.1) is 0 Å². The van der Waals surface area contributed by atoms with Gasteiger partial charge in [0.1, 0.15) is 18.1 Å². The molecule has 8 N–H and O–H groups in total. The number of benzene rings is 1. The Labute approximate surface area is 255 Å². The van der Waals surface area contributed by atoms with Crippen LogP contribution in [0.25, 0.3) is 0 Å². The molecule has 0 aliphatic carbocycles. The first-order chi connectivity index (χ1) is 20.8. The smallest absolute Gasteiger partial charge is 0.326 e. The van der Waals surface area contributed by atoms with Crippen molar-refractivity contribution >= 4 is 35.5 Å². The fourth-order valence-electron chi connectivity index (χ4n) is 5.23. The number of carbonyl (C=O) groups excluding carboxylic acids is 5. The lowest BCUT2D eigenvalue weighted by atomic mass is 10.0. The monoisotopic (exact) mass is 618 g/mol. The van der Waals surface area contributed by atoms with Gasteiger partial charge in [-0.1, -0.05) is 44.2 Å². The molecule has 0 bridgehead atoms.